The molecule has 6 heteroatoms. The van der Waals surface area contributed by atoms with Crippen LogP contribution in [0, 0.1) is 4.91 Å². The third-order valence-electron chi connectivity index (χ3n) is 4.42. The van der Waals surface area contributed by atoms with Crippen LogP contribution in [-0.4, -0.2) is 4.98 Å². The summed E-state index contributed by atoms with van der Waals surface area (Å²) in [5.41, 5.74) is 1.03. The van der Waals surface area contributed by atoms with Gasteiger partial charge in [0.05, 0.1) is 5.56 Å². The number of aromatic nitrogens is 1. The van der Waals surface area contributed by atoms with Gasteiger partial charge in [-0.3, -0.25) is 4.98 Å². The summed E-state index contributed by atoms with van der Waals surface area (Å²) in [4.78, 5) is 15.5. The average molecular weight is 370 g/mol. The first-order valence-electron chi connectivity index (χ1n) is 8.46. The van der Waals surface area contributed by atoms with Gasteiger partial charge in [0.25, 0.3) is 0 Å². The molecule has 0 saturated heterocycles. The molecule has 0 aliphatic rings. The Kier molecular flexibility index (Phi) is 5.64. The first-order valence-corrected chi connectivity index (χ1v) is 8.46. The van der Waals surface area contributed by atoms with E-state index in [1.807, 2.05) is 30.3 Å². The number of halogens is 3. The number of hydrogen-bond donors (Lipinski definition) is 0. The number of nitrogens with zero attached hydrogens (tertiary/aromatic N) is 2. The van der Waals surface area contributed by atoms with Crippen molar-refractivity contribution in [1.29, 1.82) is 0 Å². The number of pyridine rings is 1. The fourth-order valence-corrected chi connectivity index (χ4v) is 3.15. The average Bonchev–Trinajstić information content (AvgIpc) is 2.68. The first kappa shape index (κ1) is 18.8. The molecule has 1 unspecified atom stereocenters. The van der Waals surface area contributed by atoms with Crippen LogP contribution in [0.25, 0.3) is 0 Å². The third-order valence-corrected chi connectivity index (χ3v) is 4.42. The number of rotatable bonds is 6. The lowest BCUT2D eigenvalue weighted by molar-refractivity contribution is -0.138. The highest BCUT2D eigenvalue weighted by Crippen LogP contribution is 2.38. The summed E-state index contributed by atoms with van der Waals surface area (Å²) in [6.07, 6.45) is -0.938. The Morgan fingerprint density at radius 1 is 0.926 bits per heavy atom. The highest BCUT2D eigenvalue weighted by Gasteiger charge is 2.35. The van der Waals surface area contributed by atoms with Gasteiger partial charge in [0.1, 0.15) is 6.04 Å². The molecule has 3 nitrogen and oxygen atoms in total. The summed E-state index contributed by atoms with van der Waals surface area (Å²) in [7, 11) is 0. The largest absolute Gasteiger partial charge is 0.416 e. The fraction of sp³-hybridized carbons (Fsp3) is 0.190. The van der Waals surface area contributed by atoms with Crippen LogP contribution in [0.1, 0.15) is 33.9 Å². The van der Waals surface area contributed by atoms with Gasteiger partial charge in [-0.15, -0.1) is 4.91 Å². The molecule has 2 aromatic carbocycles. The van der Waals surface area contributed by atoms with Crippen LogP contribution in [0.5, 0.6) is 0 Å². The van der Waals surface area contributed by atoms with Crippen LogP contribution in [-0.2, 0) is 19.0 Å². The first-order chi connectivity index (χ1) is 13.0. The summed E-state index contributed by atoms with van der Waals surface area (Å²) in [5.74, 6) is 0. The minimum absolute atomic E-state index is 0.0994. The molecule has 0 aliphatic heterocycles. The molecule has 138 valence electrons. The molecular weight excluding hydrogens is 353 g/mol. The molecule has 0 spiro atoms. The second-order valence-corrected chi connectivity index (χ2v) is 6.15. The van der Waals surface area contributed by atoms with E-state index in [1.165, 1.54) is 24.5 Å². The number of benzene rings is 2. The molecule has 27 heavy (non-hydrogen) atoms. The van der Waals surface area contributed by atoms with Gasteiger partial charge >= 0.3 is 6.18 Å². The van der Waals surface area contributed by atoms with Gasteiger partial charge in [-0.1, -0.05) is 53.7 Å². The van der Waals surface area contributed by atoms with E-state index in [1.54, 1.807) is 12.1 Å². The van der Waals surface area contributed by atoms with Crippen molar-refractivity contribution in [2.24, 2.45) is 5.18 Å². The van der Waals surface area contributed by atoms with E-state index in [0.717, 1.165) is 11.6 Å². The summed E-state index contributed by atoms with van der Waals surface area (Å²) in [6.45, 7) is 0. The van der Waals surface area contributed by atoms with Crippen LogP contribution >= 0.6 is 0 Å². The highest BCUT2D eigenvalue weighted by atomic mass is 19.4. The van der Waals surface area contributed by atoms with E-state index in [2.05, 4.69) is 10.2 Å². The minimum Gasteiger partial charge on any atom is -0.264 e. The van der Waals surface area contributed by atoms with Crippen LogP contribution < -0.4 is 0 Å². The van der Waals surface area contributed by atoms with Crippen LogP contribution in [0.4, 0.5) is 13.2 Å². The van der Waals surface area contributed by atoms with Crippen molar-refractivity contribution in [3.05, 3.63) is 106 Å². The van der Waals surface area contributed by atoms with Gasteiger partial charge in [-0.25, -0.2) is 0 Å². The quantitative estimate of drug-likeness (QED) is 0.519. The van der Waals surface area contributed by atoms with E-state index >= 15 is 0 Å². The molecule has 1 atom stereocenters. The molecule has 0 saturated carbocycles. The second kappa shape index (κ2) is 8.12. The molecule has 0 fully saturated rings. The van der Waals surface area contributed by atoms with Gasteiger partial charge in [0.15, 0.2) is 0 Å². The van der Waals surface area contributed by atoms with Gasteiger partial charge in [-0.2, -0.15) is 13.2 Å². The summed E-state index contributed by atoms with van der Waals surface area (Å²) in [6, 6.07) is 15.4. The van der Waals surface area contributed by atoms with E-state index in [0.29, 0.717) is 12.0 Å². The van der Waals surface area contributed by atoms with Crippen LogP contribution in [0.2, 0.25) is 0 Å². The lowest BCUT2D eigenvalue weighted by atomic mass is 9.89. The molecule has 3 rings (SSSR count). The standard InChI is InChI=1S/C21H17F3N2O/c22-21(23,24)19-10-4-9-18(20(26-27)16-8-5-13-25-14-16)17(19)12-11-15-6-2-1-3-7-15/h1-10,13-14,20H,11-12H2. The van der Waals surface area contributed by atoms with E-state index < -0.39 is 17.8 Å². The molecule has 0 aliphatic carbocycles. The Bertz CT molecular complexity index is 896. The molecular formula is C21H17F3N2O. The van der Waals surface area contributed by atoms with Crippen molar-refractivity contribution < 1.29 is 13.2 Å². The van der Waals surface area contributed by atoms with Gasteiger partial charge in [-0.05, 0) is 41.7 Å². The Balaban J connectivity index is 2.06. The van der Waals surface area contributed by atoms with Crippen molar-refractivity contribution in [3.8, 4) is 0 Å². The lowest BCUT2D eigenvalue weighted by Crippen LogP contribution is -2.14. The SMILES string of the molecule is O=NC(c1cccnc1)c1cccc(C(F)(F)F)c1CCc1ccccc1. The predicted molar refractivity (Wildman–Crippen MR) is 97.2 cm³/mol. The maximum atomic E-state index is 13.6. The monoisotopic (exact) mass is 370 g/mol. The van der Waals surface area contributed by atoms with Gasteiger partial charge < -0.3 is 0 Å². The molecule has 0 N–H and O–H groups in total. The summed E-state index contributed by atoms with van der Waals surface area (Å²) < 4.78 is 40.8. The predicted octanol–water partition coefficient (Wildman–Crippen LogP) is 5.74. The van der Waals surface area contributed by atoms with Crippen molar-refractivity contribution in [1.82, 2.24) is 4.98 Å². The Morgan fingerprint density at radius 2 is 1.70 bits per heavy atom. The maximum absolute atomic E-state index is 13.6. The highest BCUT2D eigenvalue weighted by molar-refractivity contribution is 5.43. The minimum atomic E-state index is -4.51. The fourth-order valence-electron chi connectivity index (χ4n) is 3.15. The molecule has 1 heterocycles. The Hall–Kier alpha value is -3.02. The van der Waals surface area contributed by atoms with Gasteiger partial charge in [0, 0.05) is 18.0 Å². The van der Waals surface area contributed by atoms with Crippen molar-refractivity contribution in [3.63, 3.8) is 0 Å². The number of aryl methyl sites for hydroxylation is 1. The van der Waals surface area contributed by atoms with E-state index in [9.17, 15) is 18.1 Å². The number of alkyl halides is 3. The Labute approximate surface area is 154 Å². The zero-order valence-corrected chi connectivity index (χ0v) is 14.4. The van der Waals surface area contributed by atoms with Crippen LogP contribution in [0.3, 0.4) is 0 Å². The van der Waals surface area contributed by atoms with Crippen molar-refractivity contribution >= 4 is 0 Å². The zero-order valence-electron chi connectivity index (χ0n) is 14.4. The molecule has 0 bridgehead atoms. The normalized spacial score (nSPS) is 12.6. The van der Waals surface area contributed by atoms with Crippen molar-refractivity contribution in [2.75, 3.05) is 0 Å². The van der Waals surface area contributed by atoms with Gasteiger partial charge in [0.2, 0.25) is 0 Å². The molecule has 1 aromatic heterocycles. The van der Waals surface area contributed by atoms with Crippen LogP contribution in [0.15, 0.2) is 78.2 Å². The van der Waals surface area contributed by atoms with Crippen molar-refractivity contribution in [2.45, 2.75) is 25.1 Å². The third kappa shape index (κ3) is 4.39. The lowest BCUT2D eigenvalue weighted by Gasteiger charge is -2.20. The molecule has 0 radical (unpaired) electrons. The summed E-state index contributed by atoms with van der Waals surface area (Å²) >= 11 is 0. The Morgan fingerprint density at radius 3 is 2.33 bits per heavy atom. The molecule has 3 aromatic rings. The second-order valence-electron chi connectivity index (χ2n) is 6.15. The zero-order chi connectivity index (χ0) is 19.3. The smallest absolute Gasteiger partial charge is 0.264 e. The number of hydrogen-bond acceptors (Lipinski definition) is 3. The maximum Gasteiger partial charge on any atom is 0.416 e. The number of nitroso groups, excluding NO2 is 1. The molecule has 0 amide bonds. The van der Waals surface area contributed by atoms with E-state index in [-0.39, 0.29) is 17.5 Å². The van der Waals surface area contributed by atoms with E-state index in [4.69, 9.17) is 0 Å². The summed E-state index contributed by atoms with van der Waals surface area (Å²) in [5, 5.41) is 3.11. The topological polar surface area (TPSA) is 42.3 Å².